The molecular weight excluding hydrogens is 774 g/mol. The fraction of sp³-hybridized carbons (Fsp3) is 0.848. The molecule has 2 aliphatic rings. The van der Waals surface area contributed by atoms with E-state index in [-0.39, 0.29) is 18.9 Å². The van der Waals surface area contributed by atoms with Gasteiger partial charge < -0.3 is 65.1 Å². The van der Waals surface area contributed by atoms with Gasteiger partial charge in [-0.05, 0) is 57.8 Å². The van der Waals surface area contributed by atoms with Gasteiger partial charge in [-0.1, -0.05) is 127 Å². The highest BCUT2D eigenvalue weighted by molar-refractivity contribution is 5.76. The minimum absolute atomic E-state index is 0.262. The normalized spacial score (nSPS) is 28.6. The molecule has 2 aliphatic heterocycles. The summed E-state index contributed by atoms with van der Waals surface area (Å²) < 4.78 is 22.6. The molecule has 12 atom stereocenters. The van der Waals surface area contributed by atoms with Crippen molar-refractivity contribution >= 4 is 5.91 Å². The Bertz CT molecular complexity index is 1150. The molecular formula is C46H83NO13. The molecule has 0 spiro atoms. The van der Waals surface area contributed by atoms with Crippen LogP contribution in [-0.2, 0) is 23.7 Å². The summed E-state index contributed by atoms with van der Waals surface area (Å²) in [5.74, 6) is -0.262. The van der Waals surface area contributed by atoms with Gasteiger partial charge in [-0.25, -0.2) is 0 Å². The average Bonchev–Trinajstić information content (AvgIpc) is 3.24. The molecule has 0 aromatic heterocycles. The number of amides is 1. The summed E-state index contributed by atoms with van der Waals surface area (Å²) >= 11 is 0. The number of aliphatic hydroxyl groups excluding tert-OH is 8. The van der Waals surface area contributed by atoms with Crippen molar-refractivity contribution in [1.29, 1.82) is 0 Å². The van der Waals surface area contributed by atoms with E-state index in [4.69, 9.17) is 18.9 Å². The zero-order chi connectivity index (χ0) is 44.0. The van der Waals surface area contributed by atoms with Crippen LogP contribution in [0.15, 0.2) is 36.5 Å². The predicted octanol–water partition coefficient (Wildman–Crippen LogP) is 4.76. The highest BCUT2D eigenvalue weighted by Gasteiger charge is 2.50. The first kappa shape index (κ1) is 54.3. The van der Waals surface area contributed by atoms with Crippen molar-refractivity contribution in [3.63, 3.8) is 0 Å². The molecule has 0 aliphatic carbocycles. The van der Waals surface area contributed by atoms with Crippen molar-refractivity contribution in [3.05, 3.63) is 36.5 Å². The Morgan fingerprint density at radius 3 is 1.65 bits per heavy atom. The van der Waals surface area contributed by atoms with Crippen LogP contribution >= 0.6 is 0 Å². The third kappa shape index (κ3) is 21.5. The van der Waals surface area contributed by atoms with E-state index >= 15 is 0 Å². The van der Waals surface area contributed by atoms with E-state index in [1.165, 1.54) is 70.6 Å². The van der Waals surface area contributed by atoms with E-state index in [9.17, 15) is 45.6 Å². The molecule has 350 valence electrons. The van der Waals surface area contributed by atoms with Crippen molar-refractivity contribution < 1.29 is 64.6 Å². The second-order valence-corrected chi connectivity index (χ2v) is 16.5. The molecule has 0 saturated carbocycles. The Hall–Kier alpha value is -1.79. The van der Waals surface area contributed by atoms with Gasteiger partial charge in [-0.2, -0.15) is 0 Å². The average molecular weight is 858 g/mol. The summed E-state index contributed by atoms with van der Waals surface area (Å²) in [6.07, 6.45) is 19.2. The maximum Gasteiger partial charge on any atom is 0.220 e. The number of unbranched alkanes of at least 4 members (excludes halogenated alkanes) is 17. The Morgan fingerprint density at radius 2 is 1.07 bits per heavy atom. The third-order valence-corrected chi connectivity index (χ3v) is 11.3. The lowest BCUT2D eigenvalue weighted by molar-refractivity contribution is -0.359. The Morgan fingerprint density at radius 1 is 0.583 bits per heavy atom. The minimum Gasteiger partial charge on any atom is -0.394 e. The van der Waals surface area contributed by atoms with Gasteiger partial charge in [0, 0.05) is 6.42 Å². The van der Waals surface area contributed by atoms with Crippen LogP contribution in [0.3, 0.4) is 0 Å². The zero-order valence-electron chi connectivity index (χ0n) is 36.7. The van der Waals surface area contributed by atoms with Crippen LogP contribution in [0.4, 0.5) is 0 Å². The topological polar surface area (TPSA) is 228 Å². The summed E-state index contributed by atoms with van der Waals surface area (Å²) in [7, 11) is 0. The summed E-state index contributed by atoms with van der Waals surface area (Å²) in [5, 5.41) is 86.3. The first-order valence-corrected chi connectivity index (χ1v) is 23.2. The lowest BCUT2D eigenvalue weighted by Crippen LogP contribution is -2.65. The number of hydrogen-bond acceptors (Lipinski definition) is 13. The van der Waals surface area contributed by atoms with E-state index in [0.29, 0.717) is 12.8 Å². The van der Waals surface area contributed by atoms with E-state index < -0.39 is 86.8 Å². The predicted molar refractivity (Wildman–Crippen MR) is 231 cm³/mol. The van der Waals surface area contributed by atoms with Crippen molar-refractivity contribution in [2.45, 2.75) is 229 Å². The van der Waals surface area contributed by atoms with Gasteiger partial charge in [-0.3, -0.25) is 4.79 Å². The molecule has 0 radical (unpaired) electrons. The minimum atomic E-state index is -1.79. The third-order valence-electron chi connectivity index (χ3n) is 11.3. The standard InChI is InChI=1S/C46H83NO13/c1-3-5-7-9-11-13-15-16-17-18-19-20-22-24-26-28-30-38(51)47-34(35(50)29-27-25-23-21-14-12-10-8-6-4-2)33-57-45-43(56)41(54)44(37(32-49)59-45)60-46-42(55)40(53)39(52)36(31-48)58-46/h14,17-18,21,27,29,34-37,39-46,48-50,52-56H,3-13,15-16,19-20,22-26,28,30-33H2,1-2H3,(H,47,51)/b18-17-,21-14+,29-27+. The van der Waals surface area contributed by atoms with E-state index in [1.54, 1.807) is 6.08 Å². The lowest BCUT2D eigenvalue weighted by Gasteiger charge is -2.46. The molecule has 12 unspecified atom stereocenters. The SMILES string of the molecule is CCCCCC/C=C/CC/C=C/C(O)C(COC1OC(CO)C(OC2OC(CO)C(O)C(O)C2O)C(O)C1O)NC(=O)CCCCCCC/C=C\CCCCCCCCC. The smallest absolute Gasteiger partial charge is 0.220 e. The molecule has 2 fully saturated rings. The largest absolute Gasteiger partial charge is 0.394 e. The number of ether oxygens (including phenoxy) is 4. The number of hydrogen-bond donors (Lipinski definition) is 9. The lowest BCUT2D eigenvalue weighted by atomic mass is 9.97. The van der Waals surface area contributed by atoms with Crippen LogP contribution in [0, 0.1) is 0 Å². The van der Waals surface area contributed by atoms with E-state index in [1.807, 2.05) is 6.08 Å². The van der Waals surface area contributed by atoms with Crippen LogP contribution in [0.5, 0.6) is 0 Å². The van der Waals surface area contributed by atoms with Gasteiger partial charge in [0.25, 0.3) is 0 Å². The maximum absolute atomic E-state index is 13.1. The Balaban J connectivity index is 1.89. The summed E-state index contributed by atoms with van der Waals surface area (Å²) in [6.45, 7) is 2.69. The molecule has 0 bridgehead atoms. The van der Waals surface area contributed by atoms with Gasteiger partial charge >= 0.3 is 0 Å². The molecule has 0 aromatic rings. The molecule has 14 heteroatoms. The number of allylic oxidation sites excluding steroid dienone is 5. The molecule has 2 heterocycles. The van der Waals surface area contributed by atoms with E-state index in [0.717, 1.165) is 51.4 Å². The molecule has 14 nitrogen and oxygen atoms in total. The summed E-state index contributed by atoms with van der Waals surface area (Å²) in [4.78, 5) is 13.1. The van der Waals surface area contributed by atoms with Crippen LogP contribution in [0.2, 0.25) is 0 Å². The van der Waals surface area contributed by atoms with Crippen molar-refractivity contribution in [3.8, 4) is 0 Å². The van der Waals surface area contributed by atoms with Gasteiger partial charge in [0.2, 0.25) is 5.91 Å². The van der Waals surface area contributed by atoms with Crippen molar-refractivity contribution in [1.82, 2.24) is 5.32 Å². The fourth-order valence-corrected chi connectivity index (χ4v) is 7.42. The second-order valence-electron chi connectivity index (χ2n) is 16.5. The van der Waals surface area contributed by atoms with Gasteiger partial charge in [0.05, 0.1) is 32.0 Å². The van der Waals surface area contributed by atoms with Crippen LogP contribution in [0.1, 0.15) is 155 Å². The van der Waals surface area contributed by atoms with Crippen LogP contribution in [0.25, 0.3) is 0 Å². The van der Waals surface area contributed by atoms with Gasteiger partial charge in [0.1, 0.15) is 48.8 Å². The molecule has 60 heavy (non-hydrogen) atoms. The van der Waals surface area contributed by atoms with E-state index in [2.05, 4.69) is 43.5 Å². The number of rotatable bonds is 34. The van der Waals surface area contributed by atoms with Crippen molar-refractivity contribution in [2.24, 2.45) is 0 Å². The van der Waals surface area contributed by atoms with Crippen molar-refractivity contribution in [2.75, 3.05) is 19.8 Å². The monoisotopic (exact) mass is 858 g/mol. The molecule has 1 amide bonds. The van der Waals surface area contributed by atoms with Crippen LogP contribution in [-0.4, -0.2) is 140 Å². The first-order valence-electron chi connectivity index (χ1n) is 23.2. The fourth-order valence-electron chi connectivity index (χ4n) is 7.42. The van der Waals surface area contributed by atoms with Crippen LogP contribution < -0.4 is 5.32 Å². The second kappa shape index (κ2) is 33.7. The quantitative estimate of drug-likeness (QED) is 0.0315. The molecule has 9 N–H and O–H groups in total. The highest BCUT2D eigenvalue weighted by atomic mass is 16.7. The molecule has 2 rings (SSSR count). The number of nitrogens with one attached hydrogen (secondary N) is 1. The highest BCUT2D eigenvalue weighted by Crippen LogP contribution is 2.30. The van der Waals surface area contributed by atoms with Gasteiger partial charge in [0.15, 0.2) is 12.6 Å². The van der Waals surface area contributed by atoms with Gasteiger partial charge in [-0.15, -0.1) is 0 Å². The number of carbonyl (C=O) groups is 1. The molecule has 0 aromatic carbocycles. The maximum atomic E-state index is 13.1. The summed E-state index contributed by atoms with van der Waals surface area (Å²) in [5.41, 5.74) is 0. The first-order chi connectivity index (χ1) is 29.1. The Kier molecular flexibility index (Phi) is 30.5. The summed E-state index contributed by atoms with van der Waals surface area (Å²) in [6, 6.07) is -0.931. The Labute approximate surface area is 360 Å². The zero-order valence-corrected chi connectivity index (χ0v) is 36.7. The number of aliphatic hydroxyl groups is 8. The number of carbonyl (C=O) groups excluding carboxylic acids is 1. The molecule has 2 saturated heterocycles.